The van der Waals surface area contributed by atoms with Crippen molar-refractivity contribution in [1.82, 2.24) is 25.0 Å². The summed E-state index contributed by atoms with van der Waals surface area (Å²) < 4.78 is 7.72. The largest absolute Gasteiger partial charge is 0.492 e. The molecule has 0 saturated carbocycles. The highest BCUT2D eigenvalue weighted by Crippen LogP contribution is 2.14. The van der Waals surface area contributed by atoms with Crippen LogP contribution in [0.2, 0.25) is 0 Å². The number of rotatable bonds is 7. The van der Waals surface area contributed by atoms with Crippen LogP contribution in [0.15, 0.2) is 30.6 Å². The van der Waals surface area contributed by atoms with Crippen molar-refractivity contribution >= 4 is 0 Å². The van der Waals surface area contributed by atoms with Gasteiger partial charge in [-0.25, -0.2) is 9.67 Å². The average molecular weight is 315 g/mol. The molecule has 6 nitrogen and oxygen atoms in total. The monoisotopic (exact) mass is 315 g/mol. The predicted octanol–water partition coefficient (Wildman–Crippen LogP) is 1.32. The molecule has 1 atom stereocenters. The van der Waals surface area contributed by atoms with Crippen molar-refractivity contribution in [2.45, 2.75) is 32.0 Å². The molecule has 6 heteroatoms. The van der Waals surface area contributed by atoms with Gasteiger partial charge in [0.15, 0.2) is 0 Å². The summed E-state index contributed by atoms with van der Waals surface area (Å²) in [5.74, 6) is 2.03. The van der Waals surface area contributed by atoms with Crippen molar-refractivity contribution in [1.29, 1.82) is 0 Å². The Hall–Kier alpha value is -1.92. The highest BCUT2D eigenvalue weighted by Gasteiger charge is 2.18. The van der Waals surface area contributed by atoms with Gasteiger partial charge in [0.1, 0.15) is 24.5 Å². The summed E-state index contributed by atoms with van der Waals surface area (Å²) in [6, 6.07) is 8.80. The summed E-state index contributed by atoms with van der Waals surface area (Å²) in [6.45, 7) is 3.41. The lowest BCUT2D eigenvalue weighted by atomic mass is 10.1. The molecule has 0 spiro atoms. The van der Waals surface area contributed by atoms with Gasteiger partial charge < -0.3 is 15.0 Å². The van der Waals surface area contributed by atoms with E-state index in [2.05, 4.69) is 32.4 Å². The molecule has 0 radical (unpaired) electrons. The van der Waals surface area contributed by atoms with E-state index in [-0.39, 0.29) is 0 Å². The van der Waals surface area contributed by atoms with Gasteiger partial charge in [0, 0.05) is 25.6 Å². The van der Waals surface area contributed by atoms with E-state index in [1.807, 2.05) is 30.9 Å². The Labute approximate surface area is 137 Å². The fraction of sp³-hybridized carbons (Fsp3) is 0.529. The van der Waals surface area contributed by atoms with Crippen LogP contribution in [-0.2, 0) is 19.5 Å². The van der Waals surface area contributed by atoms with Crippen LogP contribution in [0.1, 0.15) is 17.8 Å². The number of nitrogens with zero attached hydrogens (tertiary/aromatic N) is 4. The summed E-state index contributed by atoms with van der Waals surface area (Å²) in [5, 5.41) is 7.87. The predicted molar refractivity (Wildman–Crippen MR) is 89.5 cm³/mol. The van der Waals surface area contributed by atoms with E-state index in [0.717, 1.165) is 44.0 Å². The van der Waals surface area contributed by atoms with E-state index in [0.29, 0.717) is 12.6 Å². The number of likely N-dealkylation sites (N-methyl/N-ethyl adjacent to an activating group) is 1. The lowest BCUT2D eigenvalue weighted by molar-refractivity contribution is 0.261. The van der Waals surface area contributed by atoms with E-state index >= 15 is 0 Å². The van der Waals surface area contributed by atoms with Crippen molar-refractivity contribution in [3.8, 4) is 5.75 Å². The Bertz CT molecular complexity index is 608. The second-order valence-corrected chi connectivity index (χ2v) is 6.27. The molecule has 0 fully saturated rings. The number of ether oxygens (including phenoxy) is 1. The minimum absolute atomic E-state index is 0.459. The number of aryl methyl sites for hydroxylation is 1. The van der Waals surface area contributed by atoms with Crippen LogP contribution in [0.25, 0.3) is 0 Å². The van der Waals surface area contributed by atoms with Gasteiger partial charge in [-0.2, -0.15) is 5.10 Å². The van der Waals surface area contributed by atoms with Gasteiger partial charge in [0.2, 0.25) is 0 Å². The zero-order valence-corrected chi connectivity index (χ0v) is 13.9. The smallest absolute Gasteiger partial charge is 0.138 e. The quantitative estimate of drug-likeness (QED) is 0.835. The number of aromatic nitrogens is 3. The van der Waals surface area contributed by atoms with Crippen LogP contribution in [0.4, 0.5) is 0 Å². The molecule has 1 aromatic heterocycles. The lowest BCUT2D eigenvalue weighted by Crippen LogP contribution is -2.37. The number of nitrogens with one attached hydrogen (secondary N) is 1. The van der Waals surface area contributed by atoms with Crippen LogP contribution in [-0.4, -0.2) is 53.0 Å². The van der Waals surface area contributed by atoms with E-state index in [1.165, 1.54) is 5.56 Å². The van der Waals surface area contributed by atoms with Gasteiger partial charge >= 0.3 is 0 Å². The molecule has 0 bridgehead atoms. The SMILES string of the molecule is CN(C)CCOc1ccc(CN[C@@H]2CCc3ncnn3C2)cc1. The third kappa shape index (κ3) is 4.53. The molecule has 3 rings (SSSR count). The van der Waals surface area contributed by atoms with E-state index in [1.54, 1.807) is 6.33 Å². The van der Waals surface area contributed by atoms with Crippen LogP contribution >= 0.6 is 0 Å². The Morgan fingerprint density at radius 1 is 1.30 bits per heavy atom. The summed E-state index contributed by atoms with van der Waals surface area (Å²) >= 11 is 0. The standard InChI is InChI=1S/C17H25N5O/c1-21(2)9-10-23-16-6-3-14(4-7-16)11-18-15-5-8-17-19-13-20-22(17)12-15/h3-4,6-7,13,15,18H,5,8-12H2,1-2H3/t15-/m1/s1. The first kappa shape index (κ1) is 16.0. The van der Waals surface area contributed by atoms with Crippen molar-refractivity contribution < 1.29 is 4.74 Å². The molecule has 2 aromatic rings. The zero-order chi connectivity index (χ0) is 16.1. The molecule has 0 amide bonds. The molecule has 124 valence electrons. The van der Waals surface area contributed by atoms with Crippen molar-refractivity contribution in [3.05, 3.63) is 42.0 Å². The zero-order valence-electron chi connectivity index (χ0n) is 13.9. The van der Waals surface area contributed by atoms with Gasteiger partial charge in [-0.05, 0) is 38.2 Å². The topological polar surface area (TPSA) is 55.2 Å². The highest BCUT2D eigenvalue weighted by atomic mass is 16.5. The van der Waals surface area contributed by atoms with Crippen LogP contribution in [0.3, 0.4) is 0 Å². The maximum absolute atomic E-state index is 5.72. The number of hydrogen-bond acceptors (Lipinski definition) is 5. The Balaban J connectivity index is 1.44. The second-order valence-electron chi connectivity index (χ2n) is 6.27. The van der Waals surface area contributed by atoms with Crippen molar-refractivity contribution in [3.63, 3.8) is 0 Å². The summed E-state index contributed by atoms with van der Waals surface area (Å²) in [7, 11) is 4.09. The van der Waals surface area contributed by atoms with Gasteiger partial charge in [-0.3, -0.25) is 0 Å². The molecule has 1 aliphatic rings. The minimum Gasteiger partial charge on any atom is -0.492 e. The fourth-order valence-electron chi connectivity index (χ4n) is 2.72. The van der Waals surface area contributed by atoms with Gasteiger partial charge in [-0.15, -0.1) is 0 Å². The summed E-state index contributed by atoms with van der Waals surface area (Å²) in [5.41, 5.74) is 1.27. The first-order valence-corrected chi connectivity index (χ1v) is 8.17. The molecule has 0 aliphatic carbocycles. The fourth-order valence-corrected chi connectivity index (χ4v) is 2.72. The first-order chi connectivity index (χ1) is 11.2. The molecule has 0 unspecified atom stereocenters. The second kappa shape index (κ2) is 7.57. The maximum Gasteiger partial charge on any atom is 0.138 e. The molecule has 0 saturated heterocycles. The molecular weight excluding hydrogens is 290 g/mol. The first-order valence-electron chi connectivity index (χ1n) is 8.17. The average Bonchev–Trinajstić information content (AvgIpc) is 3.01. The minimum atomic E-state index is 0.459. The summed E-state index contributed by atoms with van der Waals surface area (Å²) in [4.78, 5) is 6.38. The van der Waals surface area contributed by atoms with E-state index in [4.69, 9.17) is 4.74 Å². The van der Waals surface area contributed by atoms with E-state index in [9.17, 15) is 0 Å². The molecule has 1 aliphatic heterocycles. The maximum atomic E-state index is 5.72. The molecule has 1 aromatic carbocycles. The van der Waals surface area contributed by atoms with Gasteiger partial charge in [0.25, 0.3) is 0 Å². The molecule has 23 heavy (non-hydrogen) atoms. The van der Waals surface area contributed by atoms with E-state index < -0.39 is 0 Å². The molecule has 2 heterocycles. The number of hydrogen-bond donors (Lipinski definition) is 1. The Kier molecular flexibility index (Phi) is 5.25. The van der Waals surface area contributed by atoms with Crippen LogP contribution in [0.5, 0.6) is 5.75 Å². The highest BCUT2D eigenvalue weighted by molar-refractivity contribution is 5.27. The Morgan fingerprint density at radius 2 is 2.13 bits per heavy atom. The lowest BCUT2D eigenvalue weighted by Gasteiger charge is -2.23. The summed E-state index contributed by atoms with van der Waals surface area (Å²) in [6.07, 6.45) is 3.76. The van der Waals surface area contributed by atoms with Gasteiger partial charge in [-0.1, -0.05) is 12.1 Å². The van der Waals surface area contributed by atoms with Gasteiger partial charge in [0.05, 0.1) is 6.54 Å². The molecular formula is C17H25N5O. The van der Waals surface area contributed by atoms with Crippen LogP contribution in [0, 0.1) is 0 Å². The van der Waals surface area contributed by atoms with Crippen molar-refractivity contribution in [2.24, 2.45) is 0 Å². The molecule has 1 N–H and O–H groups in total. The third-order valence-corrected chi connectivity index (χ3v) is 4.13. The number of fused-ring (bicyclic) bond motifs is 1. The van der Waals surface area contributed by atoms with Crippen LogP contribution < -0.4 is 10.1 Å². The number of benzene rings is 1. The third-order valence-electron chi connectivity index (χ3n) is 4.13. The normalized spacial score (nSPS) is 17.3. The Morgan fingerprint density at radius 3 is 2.91 bits per heavy atom. The van der Waals surface area contributed by atoms with Crippen molar-refractivity contribution in [2.75, 3.05) is 27.2 Å².